The number of hydrogen-bond donors (Lipinski definition) is 1. The smallest absolute Gasteiger partial charge is 0.122 e. The first-order chi connectivity index (χ1) is 10.3. The molecule has 3 atom stereocenters. The van der Waals surface area contributed by atoms with Crippen LogP contribution in [-0.4, -0.2) is 17.8 Å². The van der Waals surface area contributed by atoms with Gasteiger partial charge in [0, 0.05) is 6.42 Å². The van der Waals surface area contributed by atoms with Gasteiger partial charge >= 0.3 is 0 Å². The number of rotatable bonds is 5. The number of fused-ring (bicyclic) bond motifs is 1. The van der Waals surface area contributed by atoms with Crippen molar-refractivity contribution in [3.05, 3.63) is 29.3 Å². The lowest BCUT2D eigenvalue weighted by molar-refractivity contribution is 0.0420. The fourth-order valence-corrected chi connectivity index (χ4v) is 4.07. The van der Waals surface area contributed by atoms with Gasteiger partial charge < -0.3 is 9.84 Å². The van der Waals surface area contributed by atoms with E-state index >= 15 is 0 Å². The Balaban J connectivity index is 1.56. The summed E-state index contributed by atoms with van der Waals surface area (Å²) < 4.78 is 5.57. The molecule has 1 aliphatic carbocycles. The summed E-state index contributed by atoms with van der Waals surface area (Å²) in [5, 5.41) is 10.3. The van der Waals surface area contributed by atoms with Crippen molar-refractivity contribution in [3.8, 4) is 5.75 Å². The first kappa shape index (κ1) is 14.9. The number of benzene rings is 1. The van der Waals surface area contributed by atoms with Crippen molar-refractivity contribution in [2.45, 2.75) is 64.4 Å². The zero-order valence-corrected chi connectivity index (χ0v) is 13.2. The fraction of sp³-hybridized carbons (Fsp3) is 0.684. The first-order valence-corrected chi connectivity index (χ1v) is 8.69. The summed E-state index contributed by atoms with van der Waals surface area (Å²) in [6.07, 6.45) is 9.26. The predicted octanol–water partition coefficient (Wildman–Crippen LogP) is 4.13. The van der Waals surface area contributed by atoms with Crippen molar-refractivity contribution in [1.82, 2.24) is 0 Å². The predicted molar refractivity (Wildman–Crippen MR) is 85.7 cm³/mol. The Bertz CT molecular complexity index is 469. The van der Waals surface area contributed by atoms with Crippen LogP contribution in [0.1, 0.15) is 56.6 Å². The second-order valence-corrected chi connectivity index (χ2v) is 6.87. The molecule has 3 rings (SSSR count). The first-order valence-electron chi connectivity index (χ1n) is 8.69. The topological polar surface area (TPSA) is 29.5 Å². The molecule has 2 aliphatic rings. The summed E-state index contributed by atoms with van der Waals surface area (Å²) in [5.74, 6) is 2.41. The molecular formula is C19H28O2. The van der Waals surface area contributed by atoms with E-state index in [0.29, 0.717) is 5.92 Å². The number of aliphatic hydroxyl groups is 1. The average molecular weight is 288 g/mol. The third-order valence-electron chi connectivity index (χ3n) is 5.31. The Hall–Kier alpha value is -1.02. The maximum Gasteiger partial charge on any atom is 0.122 e. The second kappa shape index (κ2) is 6.83. The number of aryl methyl sites for hydroxylation is 1. The zero-order chi connectivity index (χ0) is 14.7. The monoisotopic (exact) mass is 288 g/mol. The van der Waals surface area contributed by atoms with E-state index in [-0.39, 0.29) is 6.10 Å². The maximum atomic E-state index is 10.3. The lowest BCUT2D eigenvalue weighted by Crippen LogP contribution is -2.29. The normalized spacial score (nSPS) is 28.2. The highest BCUT2D eigenvalue weighted by Crippen LogP contribution is 2.35. The van der Waals surface area contributed by atoms with Gasteiger partial charge in [-0.1, -0.05) is 31.9 Å². The van der Waals surface area contributed by atoms with Crippen LogP contribution in [0.5, 0.6) is 5.75 Å². The molecule has 1 aliphatic heterocycles. The highest BCUT2D eigenvalue weighted by molar-refractivity contribution is 5.39. The summed E-state index contributed by atoms with van der Waals surface area (Å²) in [5.41, 5.74) is 2.77. The summed E-state index contributed by atoms with van der Waals surface area (Å²) in [4.78, 5) is 0. The molecule has 2 nitrogen and oxygen atoms in total. The van der Waals surface area contributed by atoms with Crippen LogP contribution >= 0.6 is 0 Å². The molecule has 0 amide bonds. The standard InChI is InChI=1S/C19H28O2/c1-2-3-14-5-8-18(20)16(12-14)7-4-15-6-9-19-17(13-15)10-11-21-19/h6,9,13-14,16,18,20H,2-5,7-8,10-12H2,1H3. The number of hydrogen-bond acceptors (Lipinski definition) is 2. The molecule has 2 heteroatoms. The molecule has 1 saturated carbocycles. The van der Waals surface area contributed by atoms with Gasteiger partial charge in [0.2, 0.25) is 0 Å². The van der Waals surface area contributed by atoms with E-state index in [9.17, 15) is 5.11 Å². The van der Waals surface area contributed by atoms with Gasteiger partial charge in [-0.05, 0) is 61.1 Å². The molecular weight excluding hydrogens is 260 g/mol. The molecule has 1 aromatic rings. The van der Waals surface area contributed by atoms with E-state index in [1.165, 1.54) is 36.8 Å². The van der Waals surface area contributed by atoms with Crippen LogP contribution in [0.2, 0.25) is 0 Å². The molecule has 116 valence electrons. The summed E-state index contributed by atoms with van der Waals surface area (Å²) in [7, 11) is 0. The van der Waals surface area contributed by atoms with Crippen LogP contribution in [-0.2, 0) is 12.8 Å². The van der Waals surface area contributed by atoms with Crippen molar-refractivity contribution in [2.24, 2.45) is 11.8 Å². The van der Waals surface area contributed by atoms with Gasteiger partial charge in [-0.2, -0.15) is 0 Å². The van der Waals surface area contributed by atoms with Crippen LogP contribution < -0.4 is 4.74 Å². The highest BCUT2D eigenvalue weighted by Gasteiger charge is 2.28. The SMILES string of the molecule is CCCC1CCC(O)C(CCc2ccc3c(c2)CCO3)C1. The van der Waals surface area contributed by atoms with Gasteiger partial charge in [-0.25, -0.2) is 0 Å². The Morgan fingerprint density at radius 3 is 3.00 bits per heavy atom. The summed E-state index contributed by atoms with van der Waals surface area (Å²) in [6.45, 7) is 3.10. The third kappa shape index (κ3) is 3.60. The van der Waals surface area contributed by atoms with E-state index in [4.69, 9.17) is 4.74 Å². The van der Waals surface area contributed by atoms with Gasteiger partial charge in [0.1, 0.15) is 5.75 Å². The van der Waals surface area contributed by atoms with Crippen molar-refractivity contribution in [3.63, 3.8) is 0 Å². The largest absolute Gasteiger partial charge is 0.493 e. The number of aliphatic hydroxyl groups excluding tert-OH is 1. The maximum absolute atomic E-state index is 10.3. The molecule has 0 spiro atoms. The highest BCUT2D eigenvalue weighted by atomic mass is 16.5. The van der Waals surface area contributed by atoms with Crippen molar-refractivity contribution < 1.29 is 9.84 Å². The minimum atomic E-state index is -0.0733. The third-order valence-corrected chi connectivity index (χ3v) is 5.31. The van der Waals surface area contributed by atoms with Crippen LogP contribution in [0.15, 0.2) is 18.2 Å². The van der Waals surface area contributed by atoms with Crippen molar-refractivity contribution in [1.29, 1.82) is 0 Å². The molecule has 1 N–H and O–H groups in total. The van der Waals surface area contributed by atoms with Crippen molar-refractivity contribution >= 4 is 0 Å². The lowest BCUT2D eigenvalue weighted by Gasteiger charge is -2.33. The zero-order valence-electron chi connectivity index (χ0n) is 13.2. The molecule has 0 saturated heterocycles. The van der Waals surface area contributed by atoms with Gasteiger partial charge in [0.15, 0.2) is 0 Å². The van der Waals surface area contributed by atoms with Gasteiger partial charge in [0.05, 0.1) is 12.7 Å². The minimum absolute atomic E-state index is 0.0733. The fourth-order valence-electron chi connectivity index (χ4n) is 4.07. The Morgan fingerprint density at radius 2 is 2.14 bits per heavy atom. The second-order valence-electron chi connectivity index (χ2n) is 6.87. The quantitative estimate of drug-likeness (QED) is 0.882. The van der Waals surface area contributed by atoms with Crippen molar-refractivity contribution in [2.75, 3.05) is 6.61 Å². The van der Waals surface area contributed by atoms with Gasteiger partial charge in [-0.15, -0.1) is 0 Å². The van der Waals surface area contributed by atoms with Gasteiger partial charge in [-0.3, -0.25) is 0 Å². The molecule has 1 fully saturated rings. The molecule has 0 aromatic heterocycles. The average Bonchev–Trinajstić information content (AvgIpc) is 2.95. The lowest BCUT2D eigenvalue weighted by atomic mass is 9.75. The molecule has 0 bridgehead atoms. The molecule has 3 unspecified atom stereocenters. The summed E-state index contributed by atoms with van der Waals surface area (Å²) >= 11 is 0. The van der Waals surface area contributed by atoms with Crippen LogP contribution in [0.3, 0.4) is 0 Å². The van der Waals surface area contributed by atoms with E-state index in [2.05, 4.69) is 25.1 Å². The van der Waals surface area contributed by atoms with E-state index in [1.54, 1.807) is 0 Å². The molecule has 21 heavy (non-hydrogen) atoms. The van der Waals surface area contributed by atoms with E-state index in [0.717, 1.165) is 44.0 Å². The van der Waals surface area contributed by atoms with Gasteiger partial charge in [0.25, 0.3) is 0 Å². The Kier molecular flexibility index (Phi) is 4.84. The Labute approximate surface area is 128 Å². The molecule has 1 aromatic carbocycles. The van der Waals surface area contributed by atoms with E-state index in [1.807, 2.05) is 0 Å². The minimum Gasteiger partial charge on any atom is -0.493 e. The number of ether oxygens (including phenoxy) is 1. The molecule has 0 radical (unpaired) electrons. The van der Waals surface area contributed by atoms with Crippen LogP contribution in [0, 0.1) is 11.8 Å². The molecule has 1 heterocycles. The van der Waals surface area contributed by atoms with E-state index < -0.39 is 0 Å². The van der Waals surface area contributed by atoms with Crippen LogP contribution in [0.4, 0.5) is 0 Å². The Morgan fingerprint density at radius 1 is 1.24 bits per heavy atom. The van der Waals surface area contributed by atoms with Crippen LogP contribution in [0.25, 0.3) is 0 Å². The summed E-state index contributed by atoms with van der Waals surface area (Å²) in [6, 6.07) is 6.62.